The fourth-order valence-corrected chi connectivity index (χ4v) is 1.90. The summed E-state index contributed by atoms with van der Waals surface area (Å²) in [6.45, 7) is 0.364. The van der Waals surface area contributed by atoms with Gasteiger partial charge in [0.05, 0.1) is 30.0 Å². The summed E-state index contributed by atoms with van der Waals surface area (Å²) < 4.78 is 18.0. The normalized spacial score (nSPS) is 9.76. The highest BCUT2D eigenvalue weighted by Crippen LogP contribution is 2.19. The third-order valence-corrected chi connectivity index (χ3v) is 2.93. The number of nitriles is 1. The zero-order chi connectivity index (χ0) is 15.2. The summed E-state index contributed by atoms with van der Waals surface area (Å²) in [5.74, 6) is -0.987. The SMILES string of the molecule is COC(=O)c1ccc(F)cc1NCc1cccc(C#N)c1. The van der Waals surface area contributed by atoms with Crippen LogP contribution in [0, 0.1) is 17.1 Å². The third-order valence-electron chi connectivity index (χ3n) is 2.93. The molecule has 0 aliphatic carbocycles. The molecule has 0 saturated heterocycles. The molecule has 0 aliphatic rings. The lowest BCUT2D eigenvalue weighted by Crippen LogP contribution is -2.08. The standard InChI is InChI=1S/C16H13FN2O2/c1-21-16(20)14-6-5-13(17)8-15(14)19-10-12-4-2-3-11(7-12)9-18/h2-8,19H,10H2,1H3. The molecule has 1 N–H and O–H groups in total. The van der Waals surface area contributed by atoms with E-state index in [1.54, 1.807) is 18.2 Å². The first-order chi connectivity index (χ1) is 10.1. The molecule has 0 radical (unpaired) electrons. The van der Waals surface area contributed by atoms with Gasteiger partial charge in [0.1, 0.15) is 5.82 Å². The van der Waals surface area contributed by atoms with E-state index in [9.17, 15) is 9.18 Å². The second-order valence-corrected chi connectivity index (χ2v) is 4.35. The first-order valence-electron chi connectivity index (χ1n) is 6.25. The quantitative estimate of drug-likeness (QED) is 0.876. The predicted molar refractivity (Wildman–Crippen MR) is 76.2 cm³/mol. The second kappa shape index (κ2) is 6.53. The molecule has 5 heteroatoms. The molecular formula is C16H13FN2O2. The van der Waals surface area contributed by atoms with Gasteiger partial charge < -0.3 is 10.1 Å². The molecule has 2 aromatic rings. The maximum Gasteiger partial charge on any atom is 0.339 e. The summed E-state index contributed by atoms with van der Waals surface area (Å²) >= 11 is 0. The van der Waals surface area contributed by atoms with Gasteiger partial charge in [0.15, 0.2) is 0 Å². The number of hydrogen-bond donors (Lipinski definition) is 1. The Morgan fingerprint density at radius 1 is 1.33 bits per heavy atom. The van der Waals surface area contributed by atoms with Crippen LogP contribution < -0.4 is 5.32 Å². The number of carbonyl (C=O) groups excluding carboxylic acids is 1. The van der Waals surface area contributed by atoms with Gasteiger partial charge in [0.2, 0.25) is 0 Å². The Kier molecular flexibility index (Phi) is 4.52. The first kappa shape index (κ1) is 14.5. The molecule has 21 heavy (non-hydrogen) atoms. The number of hydrogen-bond acceptors (Lipinski definition) is 4. The van der Waals surface area contributed by atoms with Crippen LogP contribution in [0.25, 0.3) is 0 Å². The number of anilines is 1. The Hall–Kier alpha value is -2.87. The van der Waals surface area contributed by atoms with Gasteiger partial charge in [0.25, 0.3) is 0 Å². The van der Waals surface area contributed by atoms with Crippen molar-refractivity contribution >= 4 is 11.7 Å². The molecule has 4 nitrogen and oxygen atoms in total. The Bertz CT molecular complexity index is 708. The zero-order valence-electron chi connectivity index (χ0n) is 11.4. The lowest BCUT2D eigenvalue weighted by molar-refractivity contribution is 0.0602. The molecule has 0 amide bonds. The zero-order valence-corrected chi connectivity index (χ0v) is 11.4. The topological polar surface area (TPSA) is 62.1 Å². The van der Waals surface area contributed by atoms with E-state index in [0.717, 1.165) is 5.56 Å². The lowest BCUT2D eigenvalue weighted by atomic mass is 10.1. The summed E-state index contributed by atoms with van der Waals surface area (Å²) in [6.07, 6.45) is 0. The maximum absolute atomic E-state index is 13.3. The third kappa shape index (κ3) is 3.57. The first-order valence-corrected chi connectivity index (χ1v) is 6.25. The Balaban J connectivity index is 2.21. The minimum absolute atomic E-state index is 0.260. The Labute approximate surface area is 121 Å². The highest BCUT2D eigenvalue weighted by atomic mass is 19.1. The number of rotatable bonds is 4. The largest absolute Gasteiger partial charge is 0.465 e. The lowest BCUT2D eigenvalue weighted by Gasteiger charge is -2.11. The van der Waals surface area contributed by atoms with Crippen molar-refractivity contribution in [3.8, 4) is 6.07 Å². The van der Waals surface area contributed by atoms with Crippen LogP contribution in [-0.4, -0.2) is 13.1 Å². The average molecular weight is 284 g/mol. The molecule has 2 aromatic carbocycles. The van der Waals surface area contributed by atoms with Crippen LogP contribution in [0.2, 0.25) is 0 Å². The maximum atomic E-state index is 13.3. The average Bonchev–Trinajstić information content (AvgIpc) is 2.52. The van der Waals surface area contributed by atoms with Crippen LogP contribution in [0.3, 0.4) is 0 Å². The molecule has 0 saturated carbocycles. The summed E-state index contributed by atoms with van der Waals surface area (Å²) in [5, 5.41) is 11.8. The van der Waals surface area contributed by atoms with E-state index >= 15 is 0 Å². The highest BCUT2D eigenvalue weighted by molar-refractivity contribution is 5.95. The van der Waals surface area contributed by atoms with Crippen LogP contribution in [-0.2, 0) is 11.3 Å². The van der Waals surface area contributed by atoms with E-state index in [1.165, 1.54) is 25.3 Å². The fourth-order valence-electron chi connectivity index (χ4n) is 1.90. The molecule has 0 bridgehead atoms. The number of nitrogens with zero attached hydrogens (tertiary/aromatic N) is 1. The summed E-state index contributed by atoms with van der Waals surface area (Å²) in [5.41, 5.74) is 2.01. The van der Waals surface area contributed by atoms with E-state index in [2.05, 4.69) is 16.1 Å². The van der Waals surface area contributed by atoms with Crippen LogP contribution in [0.1, 0.15) is 21.5 Å². The second-order valence-electron chi connectivity index (χ2n) is 4.35. The molecule has 0 aliphatic heterocycles. The van der Waals surface area contributed by atoms with Crippen molar-refractivity contribution < 1.29 is 13.9 Å². The predicted octanol–water partition coefficient (Wildman–Crippen LogP) is 3.10. The molecule has 2 rings (SSSR count). The summed E-state index contributed by atoms with van der Waals surface area (Å²) in [4.78, 5) is 11.6. The molecular weight excluding hydrogens is 271 g/mol. The Morgan fingerprint density at radius 3 is 2.86 bits per heavy atom. The van der Waals surface area contributed by atoms with Crippen molar-refractivity contribution in [3.05, 3.63) is 65.0 Å². The van der Waals surface area contributed by atoms with Crippen molar-refractivity contribution in [1.29, 1.82) is 5.26 Å². The van der Waals surface area contributed by atoms with Gasteiger partial charge in [-0.15, -0.1) is 0 Å². The summed E-state index contributed by atoms with van der Waals surface area (Å²) in [7, 11) is 1.27. The number of methoxy groups -OCH3 is 1. The van der Waals surface area contributed by atoms with E-state index in [0.29, 0.717) is 17.8 Å². The van der Waals surface area contributed by atoms with Crippen molar-refractivity contribution in [2.45, 2.75) is 6.54 Å². The molecule has 0 heterocycles. The molecule has 0 aromatic heterocycles. The molecule has 106 valence electrons. The van der Waals surface area contributed by atoms with Gasteiger partial charge in [-0.3, -0.25) is 0 Å². The van der Waals surface area contributed by atoms with E-state index in [1.807, 2.05) is 6.07 Å². The number of carbonyl (C=O) groups is 1. The minimum atomic E-state index is -0.539. The van der Waals surface area contributed by atoms with Gasteiger partial charge >= 0.3 is 5.97 Å². The van der Waals surface area contributed by atoms with Gasteiger partial charge in [-0.05, 0) is 35.9 Å². The monoisotopic (exact) mass is 284 g/mol. The van der Waals surface area contributed by atoms with Gasteiger partial charge in [-0.1, -0.05) is 12.1 Å². The van der Waals surface area contributed by atoms with Crippen LogP contribution in [0.4, 0.5) is 10.1 Å². The molecule has 0 unspecified atom stereocenters. The number of nitrogens with one attached hydrogen (secondary N) is 1. The number of esters is 1. The van der Waals surface area contributed by atoms with Crippen molar-refractivity contribution in [2.24, 2.45) is 0 Å². The van der Waals surface area contributed by atoms with Gasteiger partial charge in [0, 0.05) is 6.54 Å². The number of benzene rings is 2. The minimum Gasteiger partial charge on any atom is -0.465 e. The summed E-state index contributed by atoms with van der Waals surface area (Å²) in [6, 6.07) is 12.9. The molecule has 0 atom stereocenters. The van der Waals surface area contributed by atoms with Crippen molar-refractivity contribution in [3.63, 3.8) is 0 Å². The van der Waals surface area contributed by atoms with E-state index in [-0.39, 0.29) is 5.56 Å². The number of halogens is 1. The van der Waals surface area contributed by atoms with Crippen molar-refractivity contribution in [2.75, 3.05) is 12.4 Å². The highest BCUT2D eigenvalue weighted by Gasteiger charge is 2.12. The van der Waals surface area contributed by atoms with E-state index in [4.69, 9.17) is 5.26 Å². The molecule has 0 spiro atoms. The fraction of sp³-hybridized carbons (Fsp3) is 0.125. The van der Waals surface area contributed by atoms with Crippen molar-refractivity contribution in [1.82, 2.24) is 0 Å². The number of ether oxygens (including phenoxy) is 1. The Morgan fingerprint density at radius 2 is 2.14 bits per heavy atom. The van der Waals surface area contributed by atoms with Crippen LogP contribution in [0.5, 0.6) is 0 Å². The van der Waals surface area contributed by atoms with Crippen LogP contribution in [0.15, 0.2) is 42.5 Å². The molecule has 0 fully saturated rings. The van der Waals surface area contributed by atoms with Gasteiger partial charge in [-0.2, -0.15) is 5.26 Å². The van der Waals surface area contributed by atoms with E-state index < -0.39 is 11.8 Å². The van der Waals surface area contributed by atoms with Gasteiger partial charge in [-0.25, -0.2) is 9.18 Å². The smallest absolute Gasteiger partial charge is 0.339 e. The van der Waals surface area contributed by atoms with Crippen LogP contribution >= 0.6 is 0 Å².